The summed E-state index contributed by atoms with van der Waals surface area (Å²) in [4.78, 5) is 37.7. The Morgan fingerprint density at radius 1 is 1.15 bits per heavy atom. The zero-order chi connectivity index (χ0) is 25.1. The quantitative estimate of drug-likeness (QED) is 0.311. The summed E-state index contributed by atoms with van der Waals surface area (Å²) in [6.45, 7) is 2.07. The van der Waals surface area contributed by atoms with Gasteiger partial charge in [0, 0.05) is 28.6 Å². The predicted molar refractivity (Wildman–Crippen MR) is 109 cm³/mol. The third-order valence-corrected chi connectivity index (χ3v) is 4.55. The van der Waals surface area contributed by atoms with Gasteiger partial charge in [-0.05, 0) is 25.6 Å². The Labute approximate surface area is 182 Å². The van der Waals surface area contributed by atoms with Gasteiger partial charge in [0.25, 0.3) is 5.56 Å². The molecule has 0 aliphatic rings. The normalized spacial score (nSPS) is 11.2. The minimum Gasteiger partial charge on any atom is -0.506 e. The second-order valence-corrected chi connectivity index (χ2v) is 6.70. The molecular formula is C20H19F4N3O6. The number of fused-ring (bicyclic) bond motifs is 1. The van der Waals surface area contributed by atoms with Crippen LogP contribution in [-0.2, 0) is 17.8 Å². The Morgan fingerprint density at radius 2 is 1.76 bits per heavy atom. The molecule has 0 aliphatic heterocycles. The minimum atomic E-state index is -5.08. The summed E-state index contributed by atoms with van der Waals surface area (Å²) in [6.07, 6.45) is -4.78. The maximum absolute atomic E-state index is 14.3. The van der Waals surface area contributed by atoms with Gasteiger partial charge in [-0.1, -0.05) is 13.0 Å². The zero-order valence-electron chi connectivity index (χ0n) is 17.2. The van der Waals surface area contributed by atoms with Gasteiger partial charge >= 0.3 is 18.1 Å². The summed E-state index contributed by atoms with van der Waals surface area (Å²) < 4.78 is 46.1. The van der Waals surface area contributed by atoms with E-state index in [0.29, 0.717) is 46.4 Å². The molecule has 0 aliphatic carbocycles. The van der Waals surface area contributed by atoms with Gasteiger partial charge in [0.05, 0.1) is 11.4 Å². The smallest absolute Gasteiger partial charge is 0.490 e. The second-order valence-electron chi connectivity index (χ2n) is 6.70. The van der Waals surface area contributed by atoms with Gasteiger partial charge in [0.15, 0.2) is 11.4 Å². The number of carbonyl (C=O) groups is 2. The van der Waals surface area contributed by atoms with Crippen LogP contribution in [0.3, 0.4) is 0 Å². The molecule has 2 heterocycles. The van der Waals surface area contributed by atoms with E-state index in [4.69, 9.17) is 15.0 Å². The highest BCUT2D eigenvalue weighted by atomic mass is 19.4. The molecule has 2 aromatic heterocycles. The summed E-state index contributed by atoms with van der Waals surface area (Å²) in [5, 5.41) is 29.8. The maximum Gasteiger partial charge on any atom is 0.490 e. The number of aliphatic carboxylic acids is 1. The van der Waals surface area contributed by atoms with Crippen molar-refractivity contribution in [3.63, 3.8) is 0 Å². The maximum atomic E-state index is 14.3. The Hall–Kier alpha value is -3.87. The number of rotatable bonds is 5. The van der Waals surface area contributed by atoms with Crippen molar-refractivity contribution < 1.29 is 42.5 Å². The number of carboxylic acid groups (broad SMARTS) is 2. The average Bonchev–Trinajstić information content (AvgIpc) is 3.02. The Morgan fingerprint density at radius 3 is 2.24 bits per heavy atom. The standard InChI is InChI=1S/C18H18FN3O4.C2HF3O2/c1-3-9-15(22-17(24)13(16(9)23)18(25)26)8-4-5-10-11(6-8)21-12(7-20-2)14(10)19;3-2(4,5)1(6)7/h4-6,20-21H,3,7H2,1-2H3,(H,25,26)(H2,22,23,24);(H,6,7). The highest BCUT2D eigenvalue weighted by Gasteiger charge is 2.38. The van der Waals surface area contributed by atoms with Crippen LogP contribution in [0.1, 0.15) is 28.5 Å². The van der Waals surface area contributed by atoms with Crippen molar-refractivity contribution in [3.8, 4) is 17.0 Å². The highest BCUT2D eigenvalue weighted by molar-refractivity contribution is 5.92. The van der Waals surface area contributed by atoms with E-state index in [1.54, 1.807) is 32.2 Å². The van der Waals surface area contributed by atoms with Gasteiger partial charge in [-0.2, -0.15) is 13.2 Å². The summed E-state index contributed by atoms with van der Waals surface area (Å²) in [6, 6.07) is 4.85. The number of carboxylic acids is 2. The molecular weight excluding hydrogens is 454 g/mol. The highest BCUT2D eigenvalue weighted by Crippen LogP contribution is 2.32. The molecule has 13 heteroatoms. The number of nitrogens with one attached hydrogen (secondary N) is 3. The van der Waals surface area contributed by atoms with Crippen molar-refractivity contribution >= 4 is 22.8 Å². The van der Waals surface area contributed by atoms with Crippen molar-refractivity contribution in [2.75, 3.05) is 7.05 Å². The van der Waals surface area contributed by atoms with E-state index in [-0.39, 0.29) is 5.82 Å². The van der Waals surface area contributed by atoms with Crippen molar-refractivity contribution in [2.45, 2.75) is 26.1 Å². The van der Waals surface area contributed by atoms with Crippen LogP contribution in [0.2, 0.25) is 0 Å². The number of halogens is 4. The number of aromatic amines is 2. The second kappa shape index (κ2) is 9.73. The van der Waals surface area contributed by atoms with Gasteiger partial charge in [-0.25, -0.2) is 14.0 Å². The summed E-state index contributed by atoms with van der Waals surface area (Å²) in [5.41, 5.74) is 0.527. The third kappa shape index (κ3) is 5.31. The molecule has 0 atom stereocenters. The lowest BCUT2D eigenvalue weighted by Gasteiger charge is -2.12. The Bertz CT molecular complexity index is 1260. The summed E-state index contributed by atoms with van der Waals surface area (Å²) in [7, 11) is 1.71. The van der Waals surface area contributed by atoms with Crippen LogP contribution in [0.5, 0.6) is 5.75 Å². The van der Waals surface area contributed by atoms with E-state index in [1.807, 2.05) is 0 Å². The fraction of sp³-hybridized carbons (Fsp3) is 0.250. The molecule has 0 saturated heterocycles. The van der Waals surface area contributed by atoms with E-state index in [0.717, 1.165) is 0 Å². The number of H-pyrrole nitrogens is 2. The monoisotopic (exact) mass is 473 g/mol. The average molecular weight is 473 g/mol. The van der Waals surface area contributed by atoms with Crippen LogP contribution < -0.4 is 10.9 Å². The number of benzene rings is 1. The topological polar surface area (TPSA) is 156 Å². The minimum absolute atomic E-state index is 0.306. The lowest BCUT2D eigenvalue weighted by atomic mass is 10.00. The summed E-state index contributed by atoms with van der Waals surface area (Å²) in [5.74, 6) is -5.15. The van der Waals surface area contributed by atoms with Gasteiger partial charge < -0.3 is 30.6 Å². The molecule has 0 radical (unpaired) electrons. The molecule has 178 valence electrons. The number of hydrogen-bond acceptors (Lipinski definition) is 5. The van der Waals surface area contributed by atoms with E-state index in [9.17, 15) is 32.3 Å². The number of aromatic carboxylic acids is 1. The van der Waals surface area contributed by atoms with Crippen molar-refractivity contribution in [1.29, 1.82) is 0 Å². The number of hydrogen-bond donors (Lipinski definition) is 6. The molecule has 0 fully saturated rings. The Balaban J connectivity index is 0.000000479. The fourth-order valence-electron chi connectivity index (χ4n) is 3.09. The number of alkyl halides is 3. The molecule has 0 saturated carbocycles. The molecule has 0 unspecified atom stereocenters. The van der Waals surface area contributed by atoms with Gasteiger partial charge in [0.1, 0.15) is 5.75 Å². The van der Waals surface area contributed by atoms with E-state index < -0.39 is 35.0 Å². The van der Waals surface area contributed by atoms with E-state index >= 15 is 0 Å². The molecule has 0 spiro atoms. The van der Waals surface area contributed by atoms with Crippen LogP contribution in [0.15, 0.2) is 23.0 Å². The van der Waals surface area contributed by atoms with Crippen LogP contribution in [0.25, 0.3) is 22.2 Å². The number of pyridine rings is 1. The van der Waals surface area contributed by atoms with E-state index in [2.05, 4.69) is 15.3 Å². The molecule has 3 rings (SSSR count). The molecule has 0 amide bonds. The predicted octanol–water partition coefficient (Wildman–Crippen LogP) is 2.98. The van der Waals surface area contributed by atoms with Crippen molar-refractivity contribution in [1.82, 2.24) is 15.3 Å². The van der Waals surface area contributed by atoms with Gasteiger partial charge in [-0.3, -0.25) is 4.79 Å². The van der Waals surface area contributed by atoms with Crippen molar-refractivity contribution in [3.05, 3.63) is 51.2 Å². The zero-order valence-corrected chi connectivity index (χ0v) is 17.2. The van der Waals surface area contributed by atoms with Crippen LogP contribution in [0, 0.1) is 5.82 Å². The van der Waals surface area contributed by atoms with Gasteiger partial charge in [-0.15, -0.1) is 0 Å². The van der Waals surface area contributed by atoms with Gasteiger partial charge in [0.2, 0.25) is 0 Å². The Kier molecular flexibility index (Phi) is 7.49. The first-order chi connectivity index (χ1) is 15.3. The number of aromatic hydroxyl groups is 1. The lowest BCUT2D eigenvalue weighted by molar-refractivity contribution is -0.192. The third-order valence-electron chi connectivity index (χ3n) is 4.55. The molecule has 6 N–H and O–H groups in total. The van der Waals surface area contributed by atoms with Crippen LogP contribution >= 0.6 is 0 Å². The molecule has 1 aromatic carbocycles. The number of aromatic nitrogens is 2. The fourth-order valence-corrected chi connectivity index (χ4v) is 3.09. The largest absolute Gasteiger partial charge is 0.506 e. The molecule has 3 aromatic rings. The molecule has 9 nitrogen and oxygen atoms in total. The van der Waals surface area contributed by atoms with Crippen molar-refractivity contribution in [2.24, 2.45) is 0 Å². The first-order valence-electron chi connectivity index (χ1n) is 9.29. The SMILES string of the molecule is CCc1c(-c2ccc3c(F)c(CNC)[nH]c3c2)[nH]c(=O)c(C(=O)O)c1O.O=C(O)C(F)(F)F. The summed E-state index contributed by atoms with van der Waals surface area (Å²) >= 11 is 0. The first kappa shape index (κ1) is 25.4. The van der Waals surface area contributed by atoms with Crippen LogP contribution in [0.4, 0.5) is 17.6 Å². The molecule has 33 heavy (non-hydrogen) atoms. The lowest BCUT2D eigenvalue weighted by Crippen LogP contribution is -2.21. The van der Waals surface area contributed by atoms with Crippen LogP contribution in [-0.4, -0.2) is 50.5 Å². The molecule has 0 bridgehead atoms. The van der Waals surface area contributed by atoms with E-state index in [1.165, 1.54) is 0 Å². The first-order valence-corrected chi connectivity index (χ1v) is 9.29.